The van der Waals surface area contributed by atoms with Crippen LogP contribution in [0.2, 0.25) is 5.02 Å². The van der Waals surface area contributed by atoms with Gasteiger partial charge in [0.15, 0.2) is 11.6 Å². The smallest absolute Gasteiger partial charge is 0.185 e. The molecule has 122 valence electrons. The first-order valence-electron chi connectivity index (χ1n) is 7.39. The number of ether oxygens (including phenoxy) is 1. The van der Waals surface area contributed by atoms with Crippen molar-refractivity contribution < 1.29 is 14.2 Å². The molecule has 24 heavy (non-hydrogen) atoms. The molecule has 4 rings (SSSR count). The molecular formula is C17H13ClFN3O2. The number of phenols is 1. The first-order valence-corrected chi connectivity index (χ1v) is 7.77. The minimum atomic E-state index is -0.274. The molecule has 0 saturated carbocycles. The lowest BCUT2D eigenvalue weighted by molar-refractivity contribution is 0.357. The van der Waals surface area contributed by atoms with E-state index in [9.17, 15) is 9.50 Å². The molecule has 2 heterocycles. The number of phenolic OH excluding ortho intramolecular Hbond substituents is 1. The Morgan fingerprint density at radius 3 is 2.83 bits per heavy atom. The van der Waals surface area contributed by atoms with Crippen LogP contribution in [0.1, 0.15) is 5.56 Å². The summed E-state index contributed by atoms with van der Waals surface area (Å²) in [6.45, 7) is 0.450. The van der Waals surface area contributed by atoms with Crippen LogP contribution in [0.25, 0.3) is 22.8 Å². The van der Waals surface area contributed by atoms with E-state index in [1.54, 1.807) is 29.9 Å². The standard InChI is InChI=1S/C17H13ClFN3O2/c1-22-17(12-4-5-13(19)10-6-7-24-15(10)12)20-16(21-22)11-3-2-9(18)8-14(11)23/h2-5,8,23H,6-7H2,1H3. The summed E-state index contributed by atoms with van der Waals surface area (Å²) in [5.41, 5.74) is 1.71. The fraction of sp³-hybridized carbons (Fsp3) is 0.176. The Morgan fingerprint density at radius 1 is 1.25 bits per heavy atom. The highest BCUT2D eigenvalue weighted by Gasteiger charge is 2.24. The van der Waals surface area contributed by atoms with Gasteiger partial charge in [-0.2, -0.15) is 5.10 Å². The minimum absolute atomic E-state index is 0.000218. The molecule has 0 bridgehead atoms. The number of nitrogens with zero attached hydrogens (tertiary/aromatic N) is 3. The molecule has 1 aliphatic heterocycles. The molecule has 0 saturated heterocycles. The molecule has 3 aromatic rings. The molecule has 0 atom stereocenters. The zero-order valence-corrected chi connectivity index (χ0v) is 13.5. The number of aromatic hydroxyl groups is 1. The molecule has 0 spiro atoms. The number of benzene rings is 2. The molecule has 1 aliphatic rings. The van der Waals surface area contributed by atoms with Crippen LogP contribution in [-0.2, 0) is 13.5 Å². The van der Waals surface area contributed by atoms with Crippen molar-refractivity contribution in [3.63, 3.8) is 0 Å². The second kappa shape index (κ2) is 5.49. The van der Waals surface area contributed by atoms with Crippen molar-refractivity contribution in [1.29, 1.82) is 0 Å². The van der Waals surface area contributed by atoms with Crippen molar-refractivity contribution in [2.75, 3.05) is 6.61 Å². The number of halogens is 2. The Hall–Kier alpha value is -2.60. The Morgan fingerprint density at radius 2 is 2.04 bits per heavy atom. The fourth-order valence-electron chi connectivity index (χ4n) is 2.86. The van der Waals surface area contributed by atoms with Gasteiger partial charge in [0.05, 0.1) is 17.7 Å². The lowest BCUT2D eigenvalue weighted by Gasteiger charge is -2.07. The van der Waals surface area contributed by atoms with Crippen LogP contribution in [0.15, 0.2) is 30.3 Å². The zero-order valence-electron chi connectivity index (χ0n) is 12.8. The lowest BCUT2D eigenvalue weighted by atomic mass is 10.1. The second-order valence-electron chi connectivity index (χ2n) is 5.55. The van der Waals surface area contributed by atoms with E-state index in [0.29, 0.717) is 52.1 Å². The molecule has 2 aromatic carbocycles. The van der Waals surface area contributed by atoms with Gasteiger partial charge in [0, 0.05) is 24.1 Å². The summed E-state index contributed by atoms with van der Waals surface area (Å²) < 4.78 is 21.0. The largest absolute Gasteiger partial charge is 0.507 e. The average Bonchev–Trinajstić information content (AvgIpc) is 3.16. The molecule has 7 heteroatoms. The topological polar surface area (TPSA) is 60.2 Å². The molecule has 0 unspecified atom stereocenters. The first kappa shape index (κ1) is 15.0. The summed E-state index contributed by atoms with van der Waals surface area (Å²) in [5.74, 6) is 1.14. The van der Waals surface area contributed by atoms with Gasteiger partial charge in [-0.1, -0.05) is 11.6 Å². The van der Waals surface area contributed by atoms with Gasteiger partial charge in [-0.25, -0.2) is 14.1 Å². The quantitative estimate of drug-likeness (QED) is 0.771. The summed E-state index contributed by atoms with van der Waals surface area (Å²) >= 11 is 5.86. The van der Waals surface area contributed by atoms with Gasteiger partial charge < -0.3 is 9.84 Å². The Balaban J connectivity index is 1.85. The third-order valence-electron chi connectivity index (χ3n) is 4.01. The molecule has 0 amide bonds. The number of hydrogen-bond acceptors (Lipinski definition) is 4. The highest BCUT2D eigenvalue weighted by molar-refractivity contribution is 6.30. The van der Waals surface area contributed by atoms with Gasteiger partial charge in [-0.05, 0) is 30.3 Å². The maximum Gasteiger partial charge on any atom is 0.185 e. The third kappa shape index (κ3) is 2.30. The predicted octanol–water partition coefficient (Wildman–Crippen LogP) is 3.58. The van der Waals surface area contributed by atoms with Crippen molar-refractivity contribution in [3.8, 4) is 34.3 Å². The average molecular weight is 346 g/mol. The molecule has 1 N–H and O–H groups in total. The molecular weight excluding hydrogens is 333 g/mol. The van der Waals surface area contributed by atoms with Gasteiger partial charge in [0.1, 0.15) is 17.3 Å². The summed E-state index contributed by atoms with van der Waals surface area (Å²) in [6.07, 6.45) is 0.539. The highest BCUT2D eigenvalue weighted by Crippen LogP contribution is 2.38. The number of fused-ring (bicyclic) bond motifs is 1. The molecule has 0 fully saturated rings. The van der Waals surface area contributed by atoms with E-state index in [1.165, 1.54) is 12.1 Å². The normalized spacial score (nSPS) is 13.0. The molecule has 0 radical (unpaired) electrons. The number of hydrogen-bond donors (Lipinski definition) is 1. The van der Waals surface area contributed by atoms with Crippen LogP contribution in [0, 0.1) is 5.82 Å². The van der Waals surface area contributed by atoms with Crippen molar-refractivity contribution in [2.24, 2.45) is 7.05 Å². The molecule has 0 aliphatic carbocycles. The minimum Gasteiger partial charge on any atom is -0.507 e. The van der Waals surface area contributed by atoms with Crippen molar-refractivity contribution >= 4 is 11.6 Å². The van der Waals surface area contributed by atoms with E-state index in [-0.39, 0.29) is 11.6 Å². The van der Waals surface area contributed by atoms with Crippen LogP contribution in [0.4, 0.5) is 4.39 Å². The van der Waals surface area contributed by atoms with Crippen LogP contribution in [0.3, 0.4) is 0 Å². The SMILES string of the molecule is Cn1nc(-c2ccc(Cl)cc2O)nc1-c1ccc(F)c2c1OCC2. The van der Waals surface area contributed by atoms with Gasteiger partial charge in [-0.15, -0.1) is 0 Å². The van der Waals surface area contributed by atoms with Crippen molar-refractivity contribution in [1.82, 2.24) is 14.8 Å². The number of aromatic nitrogens is 3. The van der Waals surface area contributed by atoms with E-state index >= 15 is 0 Å². The first-order chi connectivity index (χ1) is 11.5. The molecule has 5 nitrogen and oxygen atoms in total. The lowest BCUT2D eigenvalue weighted by Crippen LogP contribution is -1.97. The maximum absolute atomic E-state index is 13.9. The van der Waals surface area contributed by atoms with Crippen molar-refractivity contribution in [3.05, 3.63) is 46.7 Å². The van der Waals surface area contributed by atoms with Crippen LogP contribution < -0.4 is 4.74 Å². The Labute approximate surface area is 142 Å². The Kier molecular flexibility index (Phi) is 3.42. The van der Waals surface area contributed by atoms with Crippen LogP contribution in [0.5, 0.6) is 11.5 Å². The monoisotopic (exact) mass is 345 g/mol. The highest BCUT2D eigenvalue weighted by atomic mass is 35.5. The van der Waals surface area contributed by atoms with Crippen LogP contribution in [-0.4, -0.2) is 26.5 Å². The number of rotatable bonds is 2. The summed E-state index contributed by atoms with van der Waals surface area (Å²) in [5, 5.41) is 14.8. The van der Waals surface area contributed by atoms with Gasteiger partial charge in [0.2, 0.25) is 0 Å². The summed E-state index contributed by atoms with van der Waals surface area (Å²) in [4.78, 5) is 4.49. The van der Waals surface area contributed by atoms with E-state index in [4.69, 9.17) is 16.3 Å². The van der Waals surface area contributed by atoms with E-state index in [0.717, 1.165) is 0 Å². The summed E-state index contributed by atoms with van der Waals surface area (Å²) in [6, 6.07) is 7.80. The fourth-order valence-corrected chi connectivity index (χ4v) is 3.03. The Bertz CT molecular complexity index is 955. The third-order valence-corrected chi connectivity index (χ3v) is 4.24. The van der Waals surface area contributed by atoms with E-state index in [1.807, 2.05) is 0 Å². The zero-order chi connectivity index (χ0) is 16.8. The second-order valence-corrected chi connectivity index (χ2v) is 5.98. The molecule has 1 aromatic heterocycles. The van der Waals surface area contributed by atoms with Crippen LogP contribution >= 0.6 is 11.6 Å². The number of aryl methyl sites for hydroxylation is 1. The van der Waals surface area contributed by atoms with Crippen molar-refractivity contribution in [2.45, 2.75) is 6.42 Å². The van der Waals surface area contributed by atoms with Gasteiger partial charge in [0.25, 0.3) is 0 Å². The predicted molar refractivity (Wildman–Crippen MR) is 87.7 cm³/mol. The van der Waals surface area contributed by atoms with Gasteiger partial charge in [-0.3, -0.25) is 0 Å². The van der Waals surface area contributed by atoms with E-state index < -0.39 is 0 Å². The maximum atomic E-state index is 13.9. The van der Waals surface area contributed by atoms with Gasteiger partial charge >= 0.3 is 0 Å². The summed E-state index contributed by atoms with van der Waals surface area (Å²) in [7, 11) is 1.74. The van der Waals surface area contributed by atoms with E-state index in [2.05, 4.69) is 10.1 Å².